The van der Waals surface area contributed by atoms with Gasteiger partial charge >= 0.3 is 0 Å². The normalized spacial score (nSPS) is 11.1. The highest BCUT2D eigenvalue weighted by molar-refractivity contribution is 5.59. The van der Waals surface area contributed by atoms with Crippen molar-refractivity contribution in [3.8, 4) is 11.4 Å². The summed E-state index contributed by atoms with van der Waals surface area (Å²) in [6, 6.07) is 8.84. The minimum Gasteiger partial charge on any atom is -0.496 e. The van der Waals surface area contributed by atoms with Crippen LogP contribution in [-0.2, 0) is 12.8 Å². The minimum atomic E-state index is -0.255. The predicted octanol–water partition coefficient (Wildman–Crippen LogP) is 2.85. The van der Waals surface area contributed by atoms with Crippen LogP contribution in [0.2, 0.25) is 0 Å². The maximum absolute atomic E-state index is 14.1. The lowest BCUT2D eigenvalue weighted by Crippen LogP contribution is -2.04. The monoisotopic (exact) mass is 337 g/mol. The number of nitrogens with zero attached hydrogens (tertiary/aromatic N) is 5. The van der Waals surface area contributed by atoms with E-state index in [0.717, 1.165) is 17.0 Å². The van der Waals surface area contributed by atoms with E-state index in [1.54, 1.807) is 38.1 Å². The van der Waals surface area contributed by atoms with Crippen LogP contribution in [0.5, 0.6) is 5.75 Å². The molecule has 25 heavy (non-hydrogen) atoms. The van der Waals surface area contributed by atoms with Gasteiger partial charge in [-0.2, -0.15) is 0 Å². The van der Waals surface area contributed by atoms with Crippen molar-refractivity contribution in [1.82, 2.24) is 24.1 Å². The highest BCUT2D eigenvalue weighted by Crippen LogP contribution is 2.24. The number of imidazole rings is 1. The number of rotatable bonds is 5. The SMILES string of the molecule is COc1cccc(F)c1CCc1ccc(-n2ccnc2)c2nncn12. The third kappa shape index (κ3) is 2.73. The van der Waals surface area contributed by atoms with Crippen LogP contribution in [0.3, 0.4) is 0 Å². The Bertz CT molecular complexity index is 1010. The summed E-state index contributed by atoms with van der Waals surface area (Å²) in [5, 5.41) is 8.23. The molecule has 3 heterocycles. The lowest BCUT2D eigenvalue weighted by atomic mass is 10.1. The van der Waals surface area contributed by atoms with E-state index in [2.05, 4.69) is 15.2 Å². The molecular weight excluding hydrogens is 321 g/mol. The van der Waals surface area contributed by atoms with Gasteiger partial charge in [0.05, 0.1) is 19.1 Å². The van der Waals surface area contributed by atoms with Crippen molar-refractivity contribution in [1.29, 1.82) is 0 Å². The molecule has 6 nitrogen and oxygen atoms in total. The molecule has 0 N–H and O–H groups in total. The Morgan fingerprint density at radius 2 is 2.04 bits per heavy atom. The largest absolute Gasteiger partial charge is 0.496 e. The molecule has 3 aromatic heterocycles. The lowest BCUT2D eigenvalue weighted by Gasteiger charge is -2.11. The van der Waals surface area contributed by atoms with Crippen molar-refractivity contribution in [2.75, 3.05) is 7.11 Å². The first-order valence-corrected chi connectivity index (χ1v) is 7.89. The molecule has 1 aromatic carbocycles. The van der Waals surface area contributed by atoms with Crippen LogP contribution in [0.4, 0.5) is 4.39 Å². The molecule has 0 spiro atoms. The van der Waals surface area contributed by atoms with Crippen LogP contribution in [-0.4, -0.2) is 31.3 Å². The third-order valence-corrected chi connectivity index (χ3v) is 4.23. The second-order valence-electron chi connectivity index (χ2n) is 5.63. The quantitative estimate of drug-likeness (QED) is 0.562. The first kappa shape index (κ1) is 15.3. The van der Waals surface area contributed by atoms with Gasteiger partial charge in [0.15, 0.2) is 5.65 Å². The number of methoxy groups -OCH3 is 1. The number of benzene rings is 1. The summed E-state index contributed by atoms with van der Waals surface area (Å²) in [7, 11) is 1.55. The molecule has 0 saturated carbocycles. The highest BCUT2D eigenvalue weighted by atomic mass is 19.1. The molecular formula is C18H16FN5O. The molecule has 0 radical (unpaired) electrons. The molecule has 0 amide bonds. The minimum absolute atomic E-state index is 0.255. The van der Waals surface area contributed by atoms with E-state index in [0.29, 0.717) is 24.2 Å². The molecule has 0 aliphatic heterocycles. The number of halogens is 1. The predicted molar refractivity (Wildman–Crippen MR) is 90.5 cm³/mol. The van der Waals surface area contributed by atoms with E-state index in [4.69, 9.17) is 4.74 Å². The summed E-state index contributed by atoms with van der Waals surface area (Å²) in [5.41, 5.74) is 3.19. The highest BCUT2D eigenvalue weighted by Gasteiger charge is 2.13. The van der Waals surface area contributed by atoms with Gasteiger partial charge in [-0.3, -0.25) is 4.40 Å². The average molecular weight is 337 g/mol. The Morgan fingerprint density at radius 3 is 2.84 bits per heavy atom. The van der Waals surface area contributed by atoms with Crippen LogP contribution in [0, 0.1) is 5.82 Å². The second-order valence-corrected chi connectivity index (χ2v) is 5.63. The topological polar surface area (TPSA) is 57.2 Å². The maximum atomic E-state index is 14.1. The third-order valence-electron chi connectivity index (χ3n) is 4.23. The second kappa shape index (κ2) is 6.35. The van der Waals surface area contributed by atoms with Crippen LogP contribution in [0.25, 0.3) is 11.3 Å². The fourth-order valence-corrected chi connectivity index (χ4v) is 2.98. The van der Waals surface area contributed by atoms with Gasteiger partial charge in [0.2, 0.25) is 0 Å². The van der Waals surface area contributed by atoms with Crippen molar-refractivity contribution in [3.63, 3.8) is 0 Å². The molecule has 4 rings (SSSR count). The van der Waals surface area contributed by atoms with Crippen LogP contribution >= 0.6 is 0 Å². The van der Waals surface area contributed by atoms with Gasteiger partial charge in [0.25, 0.3) is 0 Å². The molecule has 0 aliphatic rings. The Kier molecular flexibility index (Phi) is 3.89. The van der Waals surface area contributed by atoms with Crippen molar-refractivity contribution in [2.24, 2.45) is 0 Å². The fraction of sp³-hybridized carbons (Fsp3) is 0.167. The summed E-state index contributed by atoms with van der Waals surface area (Å²) in [6.45, 7) is 0. The van der Waals surface area contributed by atoms with Gasteiger partial charge in [-0.05, 0) is 37.1 Å². The Morgan fingerprint density at radius 1 is 1.12 bits per heavy atom. The fourth-order valence-electron chi connectivity index (χ4n) is 2.98. The van der Waals surface area contributed by atoms with Gasteiger partial charge in [0, 0.05) is 23.7 Å². The molecule has 0 unspecified atom stereocenters. The van der Waals surface area contributed by atoms with Crippen molar-refractivity contribution in [3.05, 3.63) is 72.5 Å². The van der Waals surface area contributed by atoms with Crippen LogP contribution in [0.1, 0.15) is 11.3 Å². The molecule has 0 fully saturated rings. The average Bonchev–Trinajstić information content (AvgIpc) is 3.32. The summed E-state index contributed by atoms with van der Waals surface area (Å²) in [6.07, 6.45) is 8.11. The molecule has 0 bridgehead atoms. The molecule has 126 valence electrons. The Balaban J connectivity index is 1.68. The van der Waals surface area contributed by atoms with Crippen molar-refractivity contribution < 1.29 is 9.13 Å². The molecule has 0 atom stereocenters. The van der Waals surface area contributed by atoms with Gasteiger partial charge < -0.3 is 9.30 Å². The van der Waals surface area contributed by atoms with E-state index in [1.165, 1.54) is 6.07 Å². The lowest BCUT2D eigenvalue weighted by molar-refractivity contribution is 0.404. The first-order valence-electron chi connectivity index (χ1n) is 7.89. The standard InChI is InChI=1S/C18H16FN5O/c1-25-17-4-2-3-15(19)14(17)7-5-13-6-8-16(23-10-9-20-11-23)18-22-21-12-24(13)18/h2-4,6,8-12H,5,7H2,1H3. The molecule has 0 saturated heterocycles. The number of aromatic nitrogens is 5. The van der Waals surface area contributed by atoms with E-state index in [1.807, 2.05) is 27.3 Å². The summed E-state index contributed by atoms with van der Waals surface area (Å²) in [4.78, 5) is 4.07. The van der Waals surface area contributed by atoms with Gasteiger partial charge in [-0.15, -0.1) is 10.2 Å². The zero-order valence-corrected chi connectivity index (χ0v) is 13.6. The number of hydrogen-bond acceptors (Lipinski definition) is 4. The Hall–Kier alpha value is -3.22. The van der Waals surface area contributed by atoms with Crippen LogP contribution in [0.15, 0.2) is 55.4 Å². The van der Waals surface area contributed by atoms with Crippen molar-refractivity contribution in [2.45, 2.75) is 12.8 Å². The molecule has 4 aromatic rings. The number of aryl methyl sites for hydroxylation is 1. The number of ether oxygens (including phenoxy) is 1. The molecule has 0 aliphatic carbocycles. The smallest absolute Gasteiger partial charge is 0.185 e. The van der Waals surface area contributed by atoms with E-state index in [-0.39, 0.29) is 5.82 Å². The van der Waals surface area contributed by atoms with Crippen molar-refractivity contribution >= 4 is 5.65 Å². The maximum Gasteiger partial charge on any atom is 0.185 e. The van der Waals surface area contributed by atoms with Gasteiger partial charge in [-0.25, -0.2) is 9.37 Å². The number of hydrogen-bond donors (Lipinski definition) is 0. The zero-order chi connectivity index (χ0) is 17.2. The Labute approximate surface area is 143 Å². The summed E-state index contributed by atoms with van der Waals surface area (Å²) >= 11 is 0. The van der Waals surface area contributed by atoms with E-state index >= 15 is 0 Å². The first-order chi connectivity index (χ1) is 12.3. The van der Waals surface area contributed by atoms with E-state index in [9.17, 15) is 4.39 Å². The van der Waals surface area contributed by atoms with Gasteiger partial charge in [0.1, 0.15) is 17.9 Å². The van der Waals surface area contributed by atoms with E-state index < -0.39 is 0 Å². The molecule has 7 heteroatoms. The van der Waals surface area contributed by atoms with Crippen LogP contribution < -0.4 is 4.74 Å². The zero-order valence-electron chi connectivity index (χ0n) is 13.6. The van der Waals surface area contributed by atoms with Gasteiger partial charge in [-0.1, -0.05) is 6.07 Å². The number of fused-ring (bicyclic) bond motifs is 1. The summed E-state index contributed by atoms with van der Waals surface area (Å²) in [5.74, 6) is 0.310. The number of pyridine rings is 1. The summed E-state index contributed by atoms with van der Waals surface area (Å²) < 4.78 is 23.2.